The van der Waals surface area contributed by atoms with Crippen LogP contribution in [0.4, 0.5) is 0 Å². The molecule has 2 saturated heterocycles. The molecule has 2 fully saturated rings. The van der Waals surface area contributed by atoms with Gasteiger partial charge in [0.2, 0.25) is 0 Å². The van der Waals surface area contributed by atoms with Crippen LogP contribution in [0.2, 0.25) is 0 Å². The first-order chi connectivity index (χ1) is 18.9. The van der Waals surface area contributed by atoms with Crippen molar-refractivity contribution in [2.75, 3.05) is 131 Å². The van der Waals surface area contributed by atoms with Crippen LogP contribution in [0.3, 0.4) is 0 Å². The van der Waals surface area contributed by atoms with Crippen molar-refractivity contribution in [3.8, 4) is 47.4 Å². The number of ether oxygens (including phenoxy) is 4. The summed E-state index contributed by atoms with van der Waals surface area (Å²) in [4.78, 5) is 9.61. The summed E-state index contributed by atoms with van der Waals surface area (Å²) >= 11 is 0. The summed E-state index contributed by atoms with van der Waals surface area (Å²) in [6, 6.07) is 0. The average Bonchev–Trinajstić information content (AvgIpc) is 3.30. The fourth-order valence-corrected chi connectivity index (χ4v) is 4.28. The minimum Gasteiger partial charge on any atom is -0.366 e. The van der Waals surface area contributed by atoms with Gasteiger partial charge in [0.05, 0.1) is 52.6 Å². The topological polar surface area (TPSA) is 49.9 Å². The van der Waals surface area contributed by atoms with Crippen molar-refractivity contribution in [3.63, 3.8) is 0 Å². The number of fused-ring (bicyclic) bond motifs is 6. The molecule has 0 aromatic carbocycles. The van der Waals surface area contributed by atoms with Gasteiger partial charge in [0.1, 0.15) is 26.4 Å². The first-order valence-corrected chi connectivity index (χ1v) is 13.9. The Kier molecular flexibility index (Phi) is 16.7. The lowest BCUT2D eigenvalue weighted by atomic mass is 10.3. The van der Waals surface area contributed by atoms with Gasteiger partial charge in [-0.1, -0.05) is 47.4 Å². The lowest BCUT2D eigenvalue weighted by molar-refractivity contribution is 0.0748. The molecule has 0 saturated carbocycles. The van der Waals surface area contributed by atoms with E-state index in [2.05, 4.69) is 67.0 Å². The minimum atomic E-state index is 0.441. The van der Waals surface area contributed by atoms with Crippen molar-refractivity contribution < 1.29 is 18.9 Å². The second kappa shape index (κ2) is 20.8. The molecule has 4 unspecified atom stereocenters. The summed E-state index contributed by atoms with van der Waals surface area (Å²) < 4.78 is 22.3. The first-order valence-electron chi connectivity index (χ1n) is 13.9. The minimum absolute atomic E-state index is 0.441. The van der Waals surface area contributed by atoms with Gasteiger partial charge < -0.3 is 18.9 Å². The van der Waals surface area contributed by atoms with Gasteiger partial charge in [-0.05, 0) is 12.8 Å². The van der Waals surface area contributed by atoms with Crippen molar-refractivity contribution in [2.24, 2.45) is 0 Å². The van der Waals surface area contributed by atoms with Crippen LogP contribution in [-0.4, -0.2) is 151 Å². The fourth-order valence-electron chi connectivity index (χ4n) is 4.28. The molecule has 8 heteroatoms. The Morgan fingerprint density at radius 2 is 0.579 bits per heavy atom. The van der Waals surface area contributed by atoms with Gasteiger partial charge in [0.15, 0.2) is 0 Å². The third-order valence-corrected chi connectivity index (χ3v) is 6.51. The molecule has 0 spiro atoms. The van der Waals surface area contributed by atoms with Crippen molar-refractivity contribution in [2.45, 2.75) is 12.8 Å². The highest BCUT2D eigenvalue weighted by Gasteiger charge is 2.13. The standard InChI is InChI=1S/C30H44N4O4/c1-5-23-35-27-28-36-24-7-3-13-33-17-10-18-34(22-21-33)14-4-8-26-38-30-29-37-25-6-2-12-32-16-9-15-31(11-1)19-20-32/h9-30H2. The molecule has 0 aliphatic carbocycles. The van der Waals surface area contributed by atoms with Crippen LogP contribution in [0.5, 0.6) is 0 Å². The summed E-state index contributed by atoms with van der Waals surface area (Å²) in [7, 11) is 0. The van der Waals surface area contributed by atoms with E-state index in [4.69, 9.17) is 18.9 Å². The monoisotopic (exact) mass is 524 g/mol. The molecule has 0 radical (unpaired) electrons. The highest BCUT2D eigenvalue weighted by atomic mass is 16.5. The Labute approximate surface area is 230 Å². The molecule has 208 valence electrons. The Morgan fingerprint density at radius 1 is 0.316 bits per heavy atom. The molecule has 0 aromatic rings. The van der Waals surface area contributed by atoms with Crippen LogP contribution >= 0.6 is 0 Å². The maximum absolute atomic E-state index is 5.57. The van der Waals surface area contributed by atoms with E-state index >= 15 is 0 Å². The molecule has 4 bridgehead atoms. The van der Waals surface area contributed by atoms with Crippen LogP contribution in [0.1, 0.15) is 12.8 Å². The molecule has 0 N–H and O–H groups in total. The number of nitrogens with zero attached hydrogens (tertiary/aromatic N) is 4. The van der Waals surface area contributed by atoms with Crippen LogP contribution in [0.25, 0.3) is 0 Å². The Balaban J connectivity index is 1.40. The molecule has 3 heterocycles. The zero-order chi connectivity index (χ0) is 26.4. The third-order valence-electron chi connectivity index (χ3n) is 6.51. The molecule has 3 rings (SSSR count). The fraction of sp³-hybridized carbons (Fsp3) is 0.733. The van der Waals surface area contributed by atoms with Crippen LogP contribution in [0, 0.1) is 47.4 Å². The predicted octanol–water partition coefficient (Wildman–Crippen LogP) is 0.0954. The summed E-state index contributed by atoms with van der Waals surface area (Å²) in [5, 5.41) is 0. The van der Waals surface area contributed by atoms with Crippen LogP contribution in [-0.2, 0) is 18.9 Å². The van der Waals surface area contributed by atoms with E-state index < -0.39 is 0 Å². The highest BCUT2D eigenvalue weighted by Crippen LogP contribution is 2.03. The Morgan fingerprint density at radius 3 is 0.842 bits per heavy atom. The van der Waals surface area contributed by atoms with Crippen molar-refractivity contribution in [3.05, 3.63) is 0 Å². The number of rotatable bonds is 0. The van der Waals surface area contributed by atoms with E-state index in [1.807, 2.05) is 0 Å². The lowest BCUT2D eigenvalue weighted by Crippen LogP contribution is -2.31. The normalized spacial score (nSPS) is 29.5. The molecular weight excluding hydrogens is 480 g/mol. The maximum atomic E-state index is 5.57. The second-order valence-electron chi connectivity index (χ2n) is 9.44. The predicted molar refractivity (Wildman–Crippen MR) is 149 cm³/mol. The van der Waals surface area contributed by atoms with E-state index in [9.17, 15) is 0 Å². The van der Waals surface area contributed by atoms with Crippen molar-refractivity contribution in [1.82, 2.24) is 19.6 Å². The largest absolute Gasteiger partial charge is 0.366 e. The molecule has 0 amide bonds. The average molecular weight is 525 g/mol. The molecule has 38 heavy (non-hydrogen) atoms. The van der Waals surface area contributed by atoms with Gasteiger partial charge in [-0.15, -0.1) is 0 Å². The van der Waals surface area contributed by atoms with Gasteiger partial charge in [0, 0.05) is 52.4 Å². The van der Waals surface area contributed by atoms with E-state index in [-0.39, 0.29) is 0 Å². The van der Waals surface area contributed by atoms with Gasteiger partial charge in [-0.3, -0.25) is 19.6 Å². The van der Waals surface area contributed by atoms with E-state index in [1.165, 1.54) is 0 Å². The number of hydrogen-bond donors (Lipinski definition) is 0. The quantitative estimate of drug-likeness (QED) is 0.414. The first kappa shape index (κ1) is 30.5. The SMILES string of the molecule is C1#CCN2CCCN(CC#CCOCCOCC#CCN3CCCN(CC#CCOCCOC1)CC3)CC2. The zero-order valence-corrected chi connectivity index (χ0v) is 23.0. The third kappa shape index (κ3) is 14.8. The zero-order valence-electron chi connectivity index (χ0n) is 23.0. The summed E-state index contributed by atoms with van der Waals surface area (Å²) in [5.74, 6) is 25.5. The van der Waals surface area contributed by atoms with Crippen LogP contribution in [0.15, 0.2) is 0 Å². The van der Waals surface area contributed by atoms with Gasteiger partial charge >= 0.3 is 0 Å². The van der Waals surface area contributed by atoms with E-state index in [0.717, 1.165) is 91.4 Å². The summed E-state index contributed by atoms with van der Waals surface area (Å²) in [6.45, 7) is 15.4. The Bertz CT molecular complexity index is 752. The summed E-state index contributed by atoms with van der Waals surface area (Å²) in [6.07, 6.45) is 2.26. The second-order valence-corrected chi connectivity index (χ2v) is 9.44. The molecule has 0 aromatic heterocycles. The van der Waals surface area contributed by atoms with Gasteiger partial charge in [0.25, 0.3) is 0 Å². The highest BCUT2D eigenvalue weighted by molar-refractivity contribution is 5.04. The molecule has 3 aliphatic rings. The lowest BCUT2D eigenvalue weighted by Gasteiger charge is -2.18. The van der Waals surface area contributed by atoms with E-state index in [0.29, 0.717) is 52.9 Å². The smallest absolute Gasteiger partial charge is 0.107 e. The van der Waals surface area contributed by atoms with Crippen LogP contribution < -0.4 is 0 Å². The van der Waals surface area contributed by atoms with Gasteiger partial charge in [-0.25, -0.2) is 0 Å². The maximum Gasteiger partial charge on any atom is 0.107 e. The molecule has 3 aliphatic heterocycles. The van der Waals surface area contributed by atoms with E-state index in [1.54, 1.807) is 0 Å². The molecule has 8 nitrogen and oxygen atoms in total. The summed E-state index contributed by atoms with van der Waals surface area (Å²) in [5.41, 5.74) is 0. The Hall–Kier alpha value is -2.08. The van der Waals surface area contributed by atoms with Crippen molar-refractivity contribution >= 4 is 0 Å². The molecule has 4 atom stereocenters. The van der Waals surface area contributed by atoms with Crippen molar-refractivity contribution in [1.29, 1.82) is 0 Å². The van der Waals surface area contributed by atoms with Gasteiger partial charge in [-0.2, -0.15) is 0 Å². The number of hydrogen-bond acceptors (Lipinski definition) is 8. The molecular formula is C30H44N4O4.